The van der Waals surface area contributed by atoms with Gasteiger partial charge >= 0.3 is 0 Å². The molecule has 3 heterocycles. The zero-order chi connectivity index (χ0) is 23.9. The Hall–Kier alpha value is -2.03. The molecule has 2 fully saturated rings. The number of hydrogen-bond acceptors (Lipinski definition) is 6. The zero-order valence-corrected chi connectivity index (χ0v) is 21.1. The third-order valence-corrected chi connectivity index (χ3v) is 8.57. The summed E-state index contributed by atoms with van der Waals surface area (Å²) in [4.78, 5) is 32.5. The van der Waals surface area contributed by atoms with Gasteiger partial charge in [0.2, 0.25) is 5.91 Å². The summed E-state index contributed by atoms with van der Waals surface area (Å²) in [7, 11) is 3.45. The zero-order valence-electron chi connectivity index (χ0n) is 20.3. The number of methoxy groups -OCH3 is 2. The molecule has 1 aliphatic carbocycles. The van der Waals surface area contributed by atoms with Gasteiger partial charge in [0.05, 0.1) is 27.7 Å². The maximum absolute atomic E-state index is 13.2. The van der Waals surface area contributed by atoms with Crippen molar-refractivity contribution in [2.45, 2.75) is 63.6 Å². The van der Waals surface area contributed by atoms with Crippen LogP contribution in [0.3, 0.4) is 0 Å². The van der Waals surface area contributed by atoms with Crippen LogP contribution >= 0.6 is 11.3 Å². The number of piperidine rings is 1. The van der Waals surface area contributed by atoms with E-state index < -0.39 is 0 Å². The molecule has 2 amide bonds. The predicted molar refractivity (Wildman–Crippen MR) is 134 cm³/mol. The summed E-state index contributed by atoms with van der Waals surface area (Å²) in [6, 6.07) is 3.87. The molecule has 0 radical (unpaired) electrons. The molecule has 3 unspecified atom stereocenters. The van der Waals surface area contributed by atoms with E-state index >= 15 is 0 Å². The van der Waals surface area contributed by atoms with E-state index in [1.165, 1.54) is 11.3 Å². The van der Waals surface area contributed by atoms with E-state index in [1.807, 2.05) is 17.0 Å². The highest BCUT2D eigenvalue weighted by Gasteiger charge is 2.38. The molecule has 34 heavy (non-hydrogen) atoms. The number of thiophene rings is 1. The monoisotopic (exact) mass is 487 g/mol. The lowest BCUT2D eigenvalue weighted by molar-refractivity contribution is -0.147. The van der Waals surface area contributed by atoms with Gasteiger partial charge in [-0.3, -0.25) is 14.6 Å². The van der Waals surface area contributed by atoms with Crippen molar-refractivity contribution in [2.75, 3.05) is 33.9 Å². The van der Waals surface area contributed by atoms with Crippen LogP contribution in [-0.4, -0.2) is 67.8 Å². The van der Waals surface area contributed by atoms with E-state index in [4.69, 9.17) is 9.47 Å². The van der Waals surface area contributed by atoms with Crippen LogP contribution in [0.5, 0.6) is 0 Å². The maximum atomic E-state index is 13.2. The first kappa shape index (κ1) is 25.1. The molecule has 0 bridgehead atoms. The summed E-state index contributed by atoms with van der Waals surface area (Å²) < 4.78 is 12.2. The van der Waals surface area contributed by atoms with Crippen molar-refractivity contribution in [3.05, 3.63) is 29.4 Å². The van der Waals surface area contributed by atoms with Gasteiger partial charge in [-0.15, -0.1) is 11.3 Å². The average Bonchev–Trinajstić information content (AvgIpc) is 3.32. The molecule has 1 saturated heterocycles. The summed E-state index contributed by atoms with van der Waals surface area (Å²) in [6.07, 6.45) is 11.7. The lowest BCUT2D eigenvalue weighted by Gasteiger charge is -2.39. The third-order valence-electron chi connectivity index (χ3n) is 7.49. The number of amides is 2. The predicted octanol–water partition coefficient (Wildman–Crippen LogP) is 4.27. The number of nitrogens with one attached hydrogen (secondary N) is 1. The fourth-order valence-electron chi connectivity index (χ4n) is 5.38. The highest BCUT2D eigenvalue weighted by molar-refractivity contribution is 7.20. The van der Waals surface area contributed by atoms with E-state index in [0.717, 1.165) is 79.4 Å². The number of fused-ring (bicyclic) bond motifs is 1. The van der Waals surface area contributed by atoms with E-state index in [0.29, 0.717) is 12.5 Å². The number of carbonyl (C=O) groups excluding carboxylic acids is 2. The summed E-state index contributed by atoms with van der Waals surface area (Å²) in [5.74, 6) is 0.819. The number of rotatable bonds is 9. The van der Waals surface area contributed by atoms with Gasteiger partial charge in [0, 0.05) is 46.2 Å². The molecule has 2 aromatic rings. The second kappa shape index (κ2) is 12.1. The molecule has 1 N–H and O–H groups in total. The molecule has 2 aromatic heterocycles. The molecule has 4 rings (SSSR count). The van der Waals surface area contributed by atoms with Gasteiger partial charge in [-0.1, -0.05) is 12.8 Å². The van der Waals surface area contributed by atoms with Crippen molar-refractivity contribution in [3.8, 4) is 0 Å². The van der Waals surface area contributed by atoms with Crippen LogP contribution in [0.25, 0.3) is 10.1 Å². The Morgan fingerprint density at radius 1 is 1.15 bits per heavy atom. The Bertz CT molecular complexity index is 923. The normalized spacial score (nSPS) is 23.8. The molecule has 1 saturated carbocycles. The number of nitrogens with zero attached hydrogens (tertiary/aromatic N) is 2. The van der Waals surface area contributed by atoms with Gasteiger partial charge in [0.25, 0.3) is 5.91 Å². The van der Waals surface area contributed by atoms with Gasteiger partial charge in [-0.2, -0.15) is 0 Å². The SMILES string of the molecule is COC1CCC(OC)C(C(=O)N2CCC(CCCCNC(=O)c3cc4ccncc4s3)CC2)C1. The van der Waals surface area contributed by atoms with Crippen molar-refractivity contribution in [1.82, 2.24) is 15.2 Å². The van der Waals surface area contributed by atoms with Crippen LogP contribution in [0.2, 0.25) is 0 Å². The fraction of sp³-hybridized carbons (Fsp3) is 0.654. The number of hydrogen-bond donors (Lipinski definition) is 1. The summed E-state index contributed by atoms with van der Waals surface area (Å²) >= 11 is 1.49. The second-order valence-corrected chi connectivity index (χ2v) is 10.7. The maximum Gasteiger partial charge on any atom is 0.261 e. The molecule has 1 aliphatic heterocycles. The molecular formula is C26H37N3O4S. The largest absolute Gasteiger partial charge is 0.381 e. The summed E-state index contributed by atoms with van der Waals surface area (Å²) in [6.45, 7) is 2.38. The number of unbranched alkanes of at least 4 members (excludes halogenated alkanes) is 1. The summed E-state index contributed by atoms with van der Waals surface area (Å²) in [5.41, 5.74) is 0. The van der Waals surface area contributed by atoms with Crippen LogP contribution in [0.4, 0.5) is 0 Å². The van der Waals surface area contributed by atoms with Crippen LogP contribution in [0, 0.1) is 11.8 Å². The quantitative estimate of drug-likeness (QED) is 0.535. The number of pyridine rings is 1. The average molecular weight is 488 g/mol. The molecule has 2 aliphatic rings. The third kappa shape index (κ3) is 6.15. The number of aromatic nitrogens is 1. The Morgan fingerprint density at radius 3 is 2.71 bits per heavy atom. The van der Waals surface area contributed by atoms with Crippen LogP contribution in [-0.2, 0) is 14.3 Å². The van der Waals surface area contributed by atoms with Gasteiger partial charge in [0.1, 0.15) is 0 Å². The minimum atomic E-state index is -0.0823. The van der Waals surface area contributed by atoms with Crippen LogP contribution < -0.4 is 5.32 Å². The first-order valence-electron chi connectivity index (χ1n) is 12.5. The van der Waals surface area contributed by atoms with Gasteiger partial charge < -0.3 is 19.7 Å². The molecule has 0 aromatic carbocycles. The molecule has 3 atom stereocenters. The first-order valence-corrected chi connectivity index (χ1v) is 13.4. The standard InChI is InChI=1S/C26H37N3O4S/c1-32-20-6-7-22(33-2)21(16-20)26(31)29-13-9-18(10-14-29)5-3-4-11-28-25(30)23-15-19-8-12-27-17-24(19)34-23/h8,12,15,17-18,20-22H,3-7,9-11,13-14,16H2,1-2H3,(H,28,30). The Labute approximate surface area is 206 Å². The smallest absolute Gasteiger partial charge is 0.261 e. The Balaban J connectivity index is 1.13. The second-order valence-electron chi connectivity index (χ2n) is 9.60. The van der Waals surface area contributed by atoms with E-state index in [-0.39, 0.29) is 29.9 Å². The molecule has 186 valence electrons. The van der Waals surface area contributed by atoms with Crippen molar-refractivity contribution < 1.29 is 19.1 Å². The number of likely N-dealkylation sites (tertiary alicyclic amines) is 1. The highest BCUT2D eigenvalue weighted by Crippen LogP contribution is 2.32. The molecule has 7 nitrogen and oxygen atoms in total. The van der Waals surface area contributed by atoms with Crippen molar-refractivity contribution in [2.24, 2.45) is 11.8 Å². The van der Waals surface area contributed by atoms with Crippen LogP contribution in [0.1, 0.15) is 61.0 Å². The van der Waals surface area contributed by atoms with Gasteiger partial charge in [-0.25, -0.2) is 0 Å². The molecular weight excluding hydrogens is 450 g/mol. The van der Waals surface area contributed by atoms with Crippen LogP contribution in [0.15, 0.2) is 24.5 Å². The molecule has 8 heteroatoms. The lowest BCUT2D eigenvalue weighted by atomic mass is 9.82. The Kier molecular flexibility index (Phi) is 8.92. The van der Waals surface area contributed by atoms with Gasteiger partial charge in [-0.05, 0) is 62.0 Å². The molecule has 0 spiro atoms. The minimum Gasteiger partial charge on any atom is -0.381 e. The topological polar surface area (TPSA) is 80.8 Å². The fourth-order valence-corrected chi connectivity index (χ4v) is 6.33. The first-order chi connectivity index (χ1) is 16.6. The summed E-state index contributed by atoms with van der Waals surface area (Å²) in [5, 5.41) is 4.11. The van der Waals surface area contributed by atoms with Crippen molar-refractivity contribution in [3.63, 3.8) is 0 Å². The van der Waals surface area contributed by atoms with E-state index in [2.05, 4.69) is 10.3 Å². The Morgan fingerprint density at radius 2 is 1.97 bits per heavy atom. The van der Waals surface area contributed by atoms with E-state index in [9.17, 15) is 9.59 Å². The minimum absolute atomic E-state index is 0.000749. The van der Waals surface area contributed by atoms with E-state index in [1.54, 1.807) is 26.6 Å². The highest BCUT2D eigenvalue weighted by atomic mass is 32.1. The van der Waals surface area contributed by atoms with Crippen molar-refractivity contribution >= 4 is 33.2 Å². The van der Waals surface area contributed by atoms with Gasteiger partial charge in [0.15, 0.2) is 0 Å². The van der Waals surface area contributed by atoms with Crippen molar-refractivity contribution in [1.29, 1.82) is 0 Å². The number of carbonyl (C=O) groups is 2. The number of ether oxygens (including phenoxy) is 2. The lowest BCUT2D eigenvalue weighted by Crippen LogP contribution is -2.48.